The van der Waals surface area contributed by atoms with Gasteiger partial charge in [-0.05, 0) is 37.3 Å². The summed E-state index contributed by atoms with van der Waals surface area (Å²) in [5.74, 6) is -0.770. The van der Waals surface area contributed by atoms with E-state index in [2.05, 4.69) is 15.0 Å². The number of nitrogens with one attached hydrogen (secondary N) is 1. The number of carbonyl (C=O) groups excluding carboxylic acids is 2. The van der Waals surface area contributed by atoms with Gasteiger partial charge in [0.05, 0.1) is 23.4 Å². The summed E-state index contributed by atoms with van der Waals surface area (Å²) in [6.45, 7) is 1.95. The molecule has 0 saturated carbocycles. The normalized spacial score (nSPS) is 10.3. The molecular weight excluding hydrogens is 336 g/mol. The third-order valence-electron chi connectivity index (χ3n) is 3.58. The smallest absolute Gasteiger partial charge is 0.337 e. The third kappa shape index (κ3) is 3.92. The van der Waals surface area contributed by atoms with Crippen LogP contribution < -0.4 is 5.32 Å². The third-order valence-corrected chi connectivity index (χ3v) is 4.35. The first kappa shape index (κ1) is 16.9. The van der Waals surface area contributed by atoms with Gasteiger partial charge in [-0.2, -0.15) is 0 Å². The molecule has 1 amide bonds. The Kier molecular flexibility index (Phi) is 4.90. The van der Waals surface area contributed by atoms with Crippen molar-refractivity contribution in [1.29, 1.82) is 0 Å². The lowest BCUT2D eigenvalue weighted by molar-refractivity contribution is 0.0600. The number of nitrogens with zero attached hydrogens (tertiary/aromatic N) is 1. The molecule has 5 nitrogen and oxygen atoms in total. The highest BCUT2D eigenvalue weighted by molar-refractivity contribution is 7.09. The Labute approximate surface area is 149 Å². The van der Waals surface area contributed by atoms with Crippen molar-refractivity contribution in [3.8, 4) is 11.3 Å². The molecule has 3 aromatic rings. The van der Waals surface area contributed by atoms with E-state index in [0.717, 1.165) is 16.3 Å². The number of hydrogen-bond donors (Lipinski definition) is 1. The van der Waals surface area contributed by atoms with Gasteiger partial charge in [-0.15, -0.1) is 11.3 Å². The summed E-state index contributed by atoms with van der Waals surface area (Å²) in [4.78, 5) is 28.5. The maximum absolute atomic E-state index is 12.5. The molecule has 0 radical (unpaired) electrons. The summed E-state index contributed by atoms with van der Waals surface area (Å²) in [5, 5.41) is 5.82. The topological polar surface area (TPSA) is 68.3 Å². The molecule has 1 N–H and O–H groups in total. The molecule has 2 aromatic carbocycles. The average Bonchev–Trinajstić information content (AvgIpc) is 3.08. The fourth-order valence-electron chi connectivity index (χ4n) is 2.36. The summed E-state index contributed by atoms with van der Waals surface area (Å²) in [6, 6.07) is 13.9. The number of benzene rings is 2. The molecule has 6 heteroatoms. The number of carbonyl (C=O) groups is 2. The predicted octanol–water partition coefficient (Wildman–Crippen LogP) is 4.16. The standard InChI is InChI=1S/C19H16N2O3S/c1-12-20-17(11-25-12)13-5-4-8-16(10-13)21-18(22)14-6-3-7-15(9-14)19(23)24-2/h3-11H,1-2H3,(H,21,22). The SMILES string of the molecule is COC(=O)c1cccc(C(=O)Nc2cccc(-c3csc(C)n3)c2)c1. The molecule has 0 aliphatic heterocycles. The number of aryl methyl sites for hydroxylation is 1. The number of ether oxygens (including phenoxy) is 1. The van der Waals surface area contributed by atoms with Crippen molar-refractivity contribution in [1.82, 2.24) is 4.98 Å². The van der Waals surface area contributed by atoms with Crippen molar-refractivity contribution in [2.75, 3.05) is 12.4 Å². The molecule has 0 spiro atoms. The number of esters is 1. The first-order valence-electron chi connectivity index (χ1n) is 7.59. The molecule has 1 heterocycles. The number of rotatable bonds is 4. The highest BCUT2D eigenvalue weighted by atomic mass is 32.1. The average molecular weight is 352 g/mol. The van der Waals surface area contributed by atoms with Gasteiger partial charge in [-0.25, -0.2) is 9.78 Å². The minimum absolute atomic E-state index is 0.294. The number of methoxy groups -OCH3 is 1. The minimum atomic E-state index is -0.476. The highest BCUT2D eigenvalue weighted by Crippen LogP contribution is 2.24. The van der Waals surface area contributed by atoms with Crippen molar-refractivity contribution >= 4 is 28.9 Å². The fourth-order valence-corrected chi connectivity index (χ4v) is 2.98. The fraction of sp³-hybridized carbons (Fsp3) is 0.105. The van der Waals surface area contributed by atoms with Gasteiger partial charge in [0.25, 0.3) is 5.91 Å². The van der Waals surface area contributed by atoms with E-state index in [4.69, 9.17) is 0 Å². The van der Waals surface area contributed by atoms with E-state index >= 15 is 0 Å². The molecule has 25 heavy (non-hydrogen) atoms. The maximum atomic E-state index is 12.5. The second-order valence-corrected chi connectivity index (χ2v) is 6.42. The summed E-state index contributed by atoms with van der Waals surface area (Å²) in [6.07, 6.45) is 0. The Morgan fingerprint density at radius 2 is 1.84 bits per heavy atom. The van der Waals surface area contributed by atoms with Crippen LogP contribution >= 0.6 is 11.3 Å². The van der Waals surface area contributed by atoms with Gasteiger partial charge < -0.3 is 10.1 Å². The molecule has 0 aliphatic rings. The van der Waals surface area contributed by atoms with Gasteiger partial charge in [0, 0.05) is 22.2 Å². The largest absolute Gasteiger partial charge is 0.465 e. The molecule has 0 unspecified atom stereocenters. The predicted molar refractivity (Wildman–Crippen MR) is 98.0 cm³/mol. The Balaban J connectivity index is 1.81. The number of anilines is 1. The van der Waals surface area contributed by atoms with Crippen LogP contribution in [0.4, 0.5) is 5.69 Å². The Bertz CT molecular complexity index is 934. The van der Waals surface area contributed by atoms with Crippen LogP contribution in [0.2, 0.25) is 0 Å². The lowest BCUT2D eigenvalue weighted by Crippen LogP contribution is -2.13. The van der Waals surface area contributed by atoms with Crippen molar-refractivity contribution < 1.29 is 14.3 Å². The van der Waals surface area contributed by atoms with E-state index in [1.807, 2.05) is 36.6 Å². The van der Waals surface area contributed by atoms with E-state index in [9.17, 15) is 9.59 Å². The number of thiazole rings is 1. The van der Waals surface area contributed by atoms with Crippen LogP contribution in [0.25, 0.3) is 11.3 Å². The first-order valence-corrected chi connectivity index (χ1v) is 8.47. The molecule has 126 valence electrons. The summed E-state index contributed by atoms with van der Waals surface area (Å²) < 4.78 is 4.68. The van der Waals surface area contributed by atoms with E-state index in [1.54, 1.807) is 29.5 Å². The molecule has 0 saturated heterocycles. The van der Waals surface area contributed by atoms with E-state index in [1.165, 1.54) is 13.2 Å². The number of hydrogen-bond acceptors (Lipinski definition) is 5. The Hall–Kier alpha value is -2.99. The number of aromatic nitrogens is 1. The summed E-state index contributed by atoms with van der Waals surface area (Å²) in [5.41, 5.74) is 3.20. The van der Waals surface area contributed by atoms with Crippen molar-refractivity contribution in [3.05, 3.63) is 70.0 Å². The Morgan fingerprint density at radius 3 is 2.56 bits per heavy atom. The zero-order chi connectivity index (χ0) is 17.8. The van der Waals surface area contributed by atoms with Gasteiger partial charge in [0.1, 0.15) is 0 Å². The summed E-state index contributed by atoms with van der Waals surface area (Å²) >= 11 is 1.58. The lowest BCUT2D eigenvalue weighted by atomic mass is 10.1. The van der Waals surface area contributed by atoms with E-state index in [-0.39, 0.29) is 5.91 Å². The quantitative estimate of drug-likeness (QED) is 0.716. The highest BCUT2D eigenvalue weighted by Gasteiger charge is 2.11. The lowest BCUT2D eigenvalue weighted by Gasteiger charge is -2.08. The van der Waals surface area contributed by atoms with Crippen molar-refractivity contribution in [2.45, 2.75) is 6.92 Å². The van der Waals surface area contributed by atoms with Crippen LogP contribution in [0.15, 0.2) is 53.9 Å². The van der Waals surface area contributed by atoms with Crippen LogP contribution in [-0.4, -0.2) is 24.0 Å². The maximum Gasteiger partial charge on any atom is 0.337 e. The molecule has 0 aliphatic carbocycles. The molecule has 1 aromatic heterocycles. The van der Waals surface area contributed by atoms with Crippen molar-refractivity contribution in [3.63, 3.8) is 0 Å². The molecule has 0 bridgehead atoms. The van der Waals surface area contributed by atoms with Gasteiger partial charge in [-0.1, -0.05) is 18.2 Å². The summed E-state index contributed by atoms with van der Waals surface area (Å²) in [7, 11) is 1.31. The van der Waals surface area contributed by atoms with Gasteiger partial charge in [0.2, 0.25) is 0 Å². The number of amides is 1. The monoisotopic (exact) mass is 352 g/mol. The second kappa shape index (κ2) is 7.27. The zero-order valence-corrected chi connectivity index (χ0v) is 14.6. The molecule has 0 fully saturated rings. The molecular formula is C19H16N2O3S. The first-order chi connectivity index (χ1) is 12.1. The minimum Gasteiger partial charge on any atom is -0.465 e. The van der Waals surface area contributed by atoms with Crippen molar-refractivity contribution in [2.24, 2.45) is 0 Å². The van der Waals surface area contributed by atoms with E-state index in [0.29, 0.717) is 16.8 Å². The second-order valence-electron chi connectivity index (χ2n) is 5.36. The van der Waals surface area contributed by atoms with Crippen LogP contribution in [0.3, 0.4) is 0 Å². The van der Waals surface area contributed by atoms with Gasteiger partial charge >= 0.3 is 5.97 Å². The van der Waals surface area contributed by atoms with Crippen LogP contribution in [0.5, 0.6) is 0 Å². The zero-order valence-electron chi connectivity index (χ0n) is 13.8. The molecule has 0 atom stereocenters. The van der Waals surface area contributed by atoms with Crippen LogP contribution in [-0.2, 0) is 4.74 Å². The Morgan fingerprint density at radius 1 is 1.08 bits per heavy atom. The van der Waals surface area contributed by atoms with E-state index < -0.39 is 5.97 Å². The van der Waals surface area contributed by atoms with Gasteiger partial charge in [-0.3, -0.25) is 4.79 Å². The molecule has 3 rings (SSSR count). The van der Waals surface area contributed by atoms with Crippen LogP contribution in [0.1, 0.15) is 25.7 Å². The van der Waals surface area contributed by atoms with Gasteiger partial charge in [0.15, 0.2) is 0 Å². The van der Waals surface area contributed by atoms with Crippen LogP contribution in [0, 0.1) is 6.92 Å².